The summed E-state index contributed by atoms with van der Waals surface area (Å²) in [6.45, 7) is 0.607. The first-order chi connectivity index (χ1) is 7.84. The van der Waals surface area contributed by atoms with Crippen LogP contribution >= 0.6 is 0 Å². The van der Waals surface area contributed by atoms with Crippen molar-refractivity contribution in [2.75, 3.05) is 0 Å². The van der Waals surface area contributed by atoms with Crippen molar-refractivity contribution in [3.8, 4) is 0 Å². The minimum atomic E-state index is 0.0334. The Morgan fingerprint density at radius 3 is 3.00 bits per heavy atom. The van der Waals surface area contributed by atoms with Crippen LogP contribution < -0.4 is 5.56 Å². The molecule has 0 spiro atoms. The van der Waals surface area contributed by atoms with Gasteiger partial charge < -0.3 is 9.13 Å². The van der Waals surface area contributed by atoms with Gasteiger partial charge in [0.15, 0.2) is 0 Å². The van der Waals surface area contributed by atoms with Crippen molar-refractivity contribution >= 4 is 0 Å². The first kappa shape index (κ1) is 9.39. The van der Waals surface area contributed by atoms with E-state index in [-0.39, 0.29) is 5.56 Å². The number of hydrogen-bond donors (Lipinski definition) is 0. The number of pyridine rings is 1. The smallest absolute Gasteiger partial charge is 0.250 e. The molecule has 0 aromatic carbocycles. The fourth-order valence-corrected chi connectivity index (χ4v) is 1.90. The summed E-state index contributed by atoms with van der Waals surface area (Å²) in [6.07, 6.45) is 7.98. The van der Waals surface area contributed by atoms with E-state index in [0.717, 1.165) is 5.69 Å². The van der Waals surface area contributed by atoms with Crippen LogP contribution in [0.2, 0.25) is 0 Å². The van der Waals surface area contributed by atoms with Gasteiger partial charge in [-0.05, 0) is 18.9 Å². The molecule has 0 saturated heterocycles. The van der Waals surface area contributed by atoms with Crippen LogP contribution in [0.15, 0.2) is 41.7 Å². The molecule has 1 aliphatic carbocycles. The summed E-state index contributed by atoms with van der Waals surface area (Å²) >= 11 is 0. The summed E-state index contributed by atoms with van der Waals surface area (Å²) in [7, 11) is 0. The molecule has 0 unspecified atom stereocenters. The summed E-state index contributed by atoms with van der Waals surface area (Å²) in [4.78, 5) is 15.7. The molecular formula is C12H13N3O. The van der Waals surface area contributed by atoms with Crippen LogP contribution in [0, 0.1) is 0 Å². The highest BCUT2D eigenvalue weighted by Crippen LogP contribution is 2.35. The van der Waals surface area contributed by atoms with E-state index in [9.17, 15) is 4.79 Å². The SMILES string of the molecule is O=c1ccccn1Cc1cncn1C1CC1. The lowest BCUT2D eigenvalue weighted by Gasteiger charge is -2.08. The Kier molecular flexibility index (Phi) is 2.13. The number of hydrogen-bond acceptors (Lipinski definition) is 2. The Balaban J connectivity index is 1.91. The zero-order valence-electron chi connectivity index (χ0n) is 8.91. The first-order valence-corrected chi connectivity index (χ1v) is 5.51. The highest BCUT2D eigenvalue weighted by atomic mass is 16.1. The van der Waals surface area contributed by atoms with Gasteiger partial charge in [0.2, 0.25) is 0 Å². The van der Waals surface area contributed by atoms with Gasteiger partial charge in [0.05, 0.1) is 18.6 Å². The van der Waals surface area contributed by atoms with Crippen LogP contribution in [0.5, 0.6) is 0 Å². The second-order valence-corrected chi connectivity index (χ2v) is 4.19. The zero-order valence-corrected chi connectivity index (χ0v) is 8.91. The Hall–Kier alpha value is -1.84. The quantitative estimate of drug-likeness (QED) is 0.777. The molecule has 16 heavy (non-hydrogen) atoms. The van der Waals surface area contributed by atoms with Gasteiger partial charge in [0, 0.05) is 24.5 Å². The average Bonchev–Trinajstić information content (AvgIpc) is 3.03. The molecule has 1 saturated carbocycles. The molecular weight excluding hydrogens is 202 g/mol. The Bertz CT molecular complexity index is 551. The topological polar surface area (TPSA) is 39.8 Å². The molecule has 2 aromatic rings. The van der Waals surface area contributed by atoms with Crippen LogP contribution in [0.1, 0.15) is 24.6 Å². The highest BCUT2D eigenvalue weighted by molar-refractivity contribution is 5.05. The normalized spacial score (nSPS) is 15.2. The summed E-state index contributed by atoms with van der Waals surface area (Å²) < 4.78 is 3.88. The third-order valence-corrected chi connectivity index (χ3v) is 2.92. The minimum absolute atomic E-state index is 0.0334. The fourth-order valence-electron chi connectivity index (χ4n) is 1.90. The second-order valence-electron chi connectivity index (χ2n) is 4.19. The van der Waals surface area contributed by atoms with Crippen LogP contribution in [-0.2, 0) is 6.54 Å². The molecule has 2 aromatic heterocycles. The molecule has 1 aliphatic rings. The zero-order chi connectivity index (χ0) is 11.0. The van der Waals surface area contributed by atoms with Crippen molar-refractivity contribution in [2.45, 2.75) is 25.4 Å². The van der Waals surface area contributed by atoms with Gasteiger partial charge in [-0.2, -0.15) is 0 Å². The maximum absolute atomic E-state index is 11.6. The van der Waals surface area contributed by atoms with Gasteiger partial charge in [-0.25, -0.2) is 4.98 Å². The van der Waals surface area contributed by atoms with Gasteiger partial charge in [0.1, 0.15) is 0 Å². The average molecular weight is 215 g/mol. The predicted molar refractivity (Wildman–Crippen MR) is 60.3 cm³/mol. The standard InChI is InChI=1S/C12H13N3O/c16-12-3-1-2-6-14(12)8-11-7-13-9-15(11)10-4-5-10/h1-3,6-7,9-10H,4-5,8H2. The summed E-state index contributed by atoms with van der Waals surface area (Å²) in [5.74, 6) is 0. The molecule has 1 fully saturated rings. The van der Waals surface area contributed by atoms with E-state index in [1.54, 1.807) is 16.7 Å². The van der Waals surface area contributed by atoms with E-state index in [2.05, 4.69) is 9.55 Å². The number of aromatic nitrogens is 3. The third-order valence-electron chi connectivity index (χ3n) is 2.92. The fraction of sp³-hybridized carbons (Fsp3) is 0.333. The number of imidazole rings is 1. The largest absolute Gasteiger partial charge is 0.330 e. The maximum Gasteiger partial charge on any atom is 0.250 e. The Morgan fingerprint density at radius 2 is 2.25 bits per heavy atom. The van der Waals surface area contributed by atoms with E-state index in [1.165, 1.54) is 12.8 Å². The molecule has 0 radical (unpaired) electrons. The summed E-state index contributed by atoms with van der Waals surface area (Å²) in [5.41, 5.74) is 1.14. The Labute approximate surface area is 93.2 Å². The molecule has 0 N–H and O–H groups in total. The van der Waals surface area contributed by atoms with Gasteiger partial charge in [-0.3, -0.25) is 4.79 Å². The lowest BCUT2D eigenvalue weighted by atomic mass is 10.4. The molecule has 3 rings (SSSR count). The predicted octanol–water partition coefficient (Wildman–Crippen LogP) is 1.43. The molecule has 0 atom stereocenters. The van der Waals surface area contributed by atoms with Crippen molar-refractivity contribution in [3.05, 3.63) is 53.0 Å². The van der Waals surface area contributed by atoms with Crippen molar-refractivity contribution < 1.29 is 0 Å². The van der Waals surface area contributed by atoms with E-state index >= 15 is 0 Å². The first-order valence-electron chi connectivity index (χ1n) is 5.51. The van der Waals surface area contributed by atoms with Crippen LogP contribution in [0.25, 0.3) is 0 Å². The highest BCUT2D eigenvalue weighted by Gasteiger charge is 2.25. The van der Waals surface area contributed by atoms with E-state index in [4.69, 9.17) is 0 Å². The molecule has 0 aliphatic heterocycles. The number of rotatable bonds is 3. The molecule has 4 nitrogen and oxygen atoms in total. The summed E-state index contributed by atoms with van der Waals surface area (Å²) in [5, 5.41) is 0. The van der Waals surface area contributed by atoms with Gasteiger partial charge >= 0.3 is 0 Å². The monoisotopic (exact) mass is 215 g/mol. The van der Waals surface area contributed by atoms with Crippen molar-refractivity contribution in [3.63, 3.8) is 0 Å². The van der Waals surface area contributed by atoms with Crippen LogP contribution in [0.3, 0.4) is 0 Å². The maximum atomic E-state index is 11.6. The minimum Gasteiger partial charge on any atom is -0.330 e. The second kappa shape index (κ2) is 3.63. The van der Waals surface area contributed by atoms with Gasteiger partial charge in [-0.1, -0.05) is 6.07 Å². The lowest BCUT2D eigenvalue weighted by Crippen LogP contribution is -2.19. The van der Waals surface area contributed by atoms with Crippen molar-refractivity contribution in [1.82, 2.24) is 14.1 Å². The lowest BCUT2D eigenvalue weighted by molar-refractivity contribution is 0.645. The van der Waals surface area contributed by atoms with E-state index in [0.29, 0.717) is 12.6 Å². The molecule has 4 heteroatoms. The van der Waals surface area contributed by atoms with Crippen molar-refractivity contribution in [2.24, 2.45) is 0 Å². The van der Waals surface area contributed by atoms with Gasteiger partial charge in [0.25, 0.3) is 5.56 Å². The van der Waals surface area contributed by atoms with E-state index in [1.807, 2.05) is 24.8 Å². The number of nitrogens with zero attached hydrogens (tertiary/aromatic N) is 3. The molecule has 82 valence electrons. The summed E-state index contributed by atoms with van der Waals surface area (Å²) in [6, 6.07) is 5.82. The Morgan fingerprint density at radius 1 is 1.38 bits per heavy atom. The van der Waals surface area contributed by atoms with Crippen LogP contribution in [-0.4, -0.2) is 14.1 Å². The van der Waals surface area contributed by atoms with Crippen molar-refractivity contribution in [1.29, 1.82) is 0 Å². The van der Waals surface area contributed by atoms with Gasteiger partial charge in [-0.15, -0.1) is 0 Å². The molecule has 0 bridgehead atoms. The third kappa shape index (κ3) is 1.66. The van der Waals surface area contributed by atoms with E-state index < -0.39 is 0 Å². The van der Waals surface area contributed by atoms with Crippen LogP contribution in [0.4, 0.5) is 0 Å². The molecule has 0 amide bonds. The molecule has 2 heterocycles.